The quantitative estimate of drug-likeness (QED) is 0.722. The zero-order chi connectivity index (χ0) is 19.1. The third-order valence-electron chi connectivity index (χ3n) is 4.79. The molecule has 0 spiro atoms. The number of piperidine rings is 1. The van der Waals surface area contributed by atoms with Gasteiger partial charge in [0, 0.05) is 25.7 Å². The molecule has 0 bridgehead atoms. The van der Waals surface area contributed by atoms with Crippen molar-refractivity contribution in [1.82, 2.24) is 25.2 Å². The molecule has 144 valence electrons. The number of rotatable bonds is 8. The molecule has 7 heteroatoms. The van der Waals surface area contributed by atoms with Crippen LogP contribution in [0.1, 0.15) is 31.5 Å². The first kappa shape index (κ1) is 19.1. The van der Waals surface area contributed by atoms with Crippen LogP contribution in [-0.2, 0) is 11.4 Å². The Balaban J connectivity index is 1.47. The number of hydrogen-bond acceptors (Lipinski definition) is 5. The Kier molecular flexibility index (Phi) is 6.59. The third-order valence-corrected chi connectivity index (χ3v) is 4.79. The summed E-state index contributed by atoms with van der Waals surface area (Å²) in [5, 5.41) is 11.3. The highest BCUT2D eigenvalue weighted by atomic mass is 16.5. The summed E-state index contributed by atoms with van der Waals surface area (Å²) in [7, 11) is 0. The maximum Gasteiger partial charge on any atom is 0.244 e. The monoisotopic (exact) mass is 369 g/mol. The second-order valence-electron chi connectivity index (χ2n) is 6.84. The lowest BCUT2D eigenvalue weighted by atomic mass is 10.0. The lowest BCUT2D eigenvalue weighted by molar-refractivity contribution is -0.125. The van der Waals surface area contributed by atoms with Crippen LogP contribution < -0.4 is 10.1 Å². The number of nitrogens with one attached hydrogen (secondary N) is 1. The lowest BCUT2D eigenvalue weighted by Gasteiger charge is -2.32. The zero-order valence-corrected chi connectivity index (χ0v) is 15.8. The van der Waals surface area contributed by atoms with Crippen LogP contribution in [0.5, 0.6) is 5.75 Å². The van der Waals surface area contributed by atoms with Crippen LogP contribution in [0.4, 0.5) is 0 Å². The van der Waals surface area contributed by atoms with Gasteiger partial charge in [0.05, 0.1) is 6.20 Å². The standard InChI is InChI=1S/C20H27N5O2/c1-3-11-24-12-9-17(10-13-24)21-20(26)16(2)25-14-18(22-23-25)15-27-19-7-5-4-6-8-19/h3-8,14,16-17H,1,9-13,15H2,2H3,(H,21,26)/t16-/m0/s1. The summed E-state index contributed by atoms with van der Waals surface area (Å²) in [5.74, 6) is 0.748. The van der Waals surface area contributed by atoms with Gasteiger partial charge in [0.25, 0.3) is 0 Å². The smallest absolute Gasteiger partial charge is 0.244 e. The molecule has 1 fully saturated rings. The summed E-state index contributed by atoms with van der Waals surface area (Å²) in [4.78, 5) is 14.9. The van der Waals surface area contributed by atoms with E-state index in [9.17, 15) is 4.79 Å². The van der Waals surface area contributed by atoms with Crippen molar-refractivity contribution in [2.75, 3.05) is 19.6 Å². The van der Waals surface area contributed by atoms with E-state index in [4.69, 9.17) is 4.74 Å². The fourth-order valence-electron chi connectivity index (χ4n) is 3.13. The van der Waals surface area contributed by atoms with Crippen LogP contribution in [0.2, 0.25) is 0 Å². The molecule has 1 atom stereocenters. The van der Waals surface area contributed by atoms with E-state index < -0.39 is 6.04 Å². The van der Waals surface area contributed by atoms with E-state index in [-0.39, 0.29) is 11.9 Å². The van der Waals surface area contributed by atoms with Crippen molar-refractivity contribution in [3.8, 4) is 5.75 Å². The first-order valence-electron chi connectivity index (χ1n) is 9.38. The van der Waals surface area contributed by atoms with E-state index in [1.54, 1.807) is 10.9 Å². The Labute approximate surface area is 160 Å². The Morgan fingerprint density at radius 3 is 2.81 bits per heavy atom. The second-order valence-corrected chi connectivity index (χ2v) is 6.84. The first-order chi connectivity index (χ1) is 13.2. The number of nitrogens with zero attached hydrogens (tertiary/aromatic N) is 4. The molecule has 2 aromatic rings. The van der Waals surface area contributed by atoms with Crippen molar-refractivity contribution >= 4 is 5.91 Å². The molecular weight excluding hydrogens is 342 g/mol. The van der Waals surface area contributed by atoms with Crippen LogP contribution in [0, 0.1) is 0 Å². The van der Waals surface area contributed by atoms with Gasteiger partial charge in [0.15, 0.2) is 0 Å². The summed E-state index contributed by atoms with van der Waals surface area (Å²) in [6, 6.07) is 9.36. The average Bonchev–Trinajstić information content (AvgIpc) is 3.17. The number of ether oxygens (including phenoxy) is 1. The molecule has 3 rings (SSSR count). The normalized spacial score (nSPS) is 16.6. The van der Waals surface area contributed by atoms with Gasteiger partial charge in [-0.3, -0.25) is 9.69 Å². The predicted molar refractivity (Wildman–Crippen MR) is 103 cm³/mol. The molecule has 7 nitrogen and oxygen atoms in total. The molecule has 1 aliphatic heterocycles. The van der Waals surface area contributed by atoms with E-state index in [1.807, 2.05) is 43.3 Å². The molecule has 0 saturated carbocycles. The zero-order valence-electron chi connectivity index (χ0n) is 15.8. The van der Waals surface area contributed by atoms with Crippen molar-refractivity contribution in [1.29, 1.82) is 0 Å². The molecule has 27 heavy (non-hydrogen) atoms. The predicted octanol–water partition coefficient (Wildman–Crippen LogP) is 2.18. The molecular formula is C20H27N5O2. The van der Waals surface area contributed by atoms with E-state index in [1.165, 1.54) is 0 Å². The van der Waals surface area contributed by atoms with Crippen LogP contribution in [0.3, 0.4) is 0 Å². The summed E-state index contributed by atoms with van der Waals surface area (Å²) in [6.45, 7) is 8.80. The molecule has 1 amide bonds. The number of carbonyl (C=O) groups is 1. The molecule has 1 aromatic heterocycles. The minimum Gasteiger partial charge on any atom is -0.487 e. The SMILES string of the molecule is C=CCN1CCC(NC(=O)[C@H](C)n2cc(COc3ccccc3)nn2)CC1. The fraction of sp³-hybridized carbons (Fsp3) is 0.450. The van der Waals surface area contributed by atoms with Crippen molar-refractivity contribution in [2.45, 2.75) is 38.5 Å². The minimum absolute atomic E-state index is 0.0300. The highest BCUT2D eigenvalue weighted by Gasteiger charge is 2.23. The largest absolute Gasteiger partial charge is 0.487 e. The summed E-state index contributed by atoms with van der Waals surface area (Å²) in [6.07, 6.45) is 5.60. The van der Waals surface area contributed by atoms with Gasteiger partial charge in [-0.1, -0.05) is 29.5 Å². The number of benzene rings is 1. The van der Waals surface area contributed by atoms with Crippen molar-refractivity contribution in [3.05, 3.63) is 54.9 Å². The van der Waals surface area contributed by atoms with E-state index in [0.29, 0.717) is 12.3 Å². The molecule has 0 aliphatic carbocycles. The van der Waals surface area contributed by atoms with Gasteiger partial charge in [0.2, 0.25) is 5.91 Å². The average molecular weight is 369 g/mol. The maximum absolute atomic E-state index is 12.5. The molecule has 0 unspecified atom stereocenters. The van der Waals surface area contributed by atoms with E-state index in [2.05, 4.69) is 27.1 Å². The summed E-state index contributed by atoms with van der Waals surface area (Å²) < 4.78 is 7.26. The first-order valence-corrected chi connectivity index (χ1v) is 9.38. The van der Waals surface area contributed by atoms with E-state index >= 15 is 0 Å². The maximum atomic E-state index is 12.5. The molecule has 1 saturated heterocycles. The number of para-hydroxylation sites is 1. The number of likely N-dealkylation sites (tertiary alicyclic amines) is 1. The van der Waals surface area contributed by atoms with Crippen LogP contribution >= 0.6 is 0 Å². The minimum atomic E-state index is -0.408. The highest BCUT2D eigenvalue weighted by Crippen LogP contribution is 2.14. The Hall–Kier alpha value is -2.67. The molecule has 1 aliphatic rings. The number of amides is 1. The van der Waals surface area contributed by atoms with Gasteiger partial charge in [-0.15, -0.1) is 11.7 Å². The van der Waals surface area contributed by atoms with Gasteiger partial charge in [0.1, 0.15) is 24.1 Å². The molecule has 0 radical (unpaired) electrons. The molecule has 2 heterocycles. The van der Waals surface area contributed by atoms with Gasteiger partial charge < -0.3 is 10.1 Å². The molecule has 1 aromatic carbocycles. The Morgan fingerprint density at radius 2 is 2.11 bits per heavy atom. The van der Waals surface area contributed by atoms with Crippen LogP contribution in [-0.4, -0.2) is 51.5 Å². The Morgan fingerprint density at radius 1 is 1.37 bits per heavy atom. The van der Waals surface area contributed by atoms with Crippen molar-refractivity contribution in [3.63, 3.8) is 0 Å². The fourth-order valence-corrected chi connectivity index (χ4v) is 3.13. The summed E-state index contributed by atoms with van der Waals surface area (Å²) in [5.41, 5.74) is 0.691. The van der Waals surface area contributed by atoms with Crippen LogP contribution in [0.15, 0.2) is 49.2 Å². The number of aromatic nitrogens is 3. The van der Waals surface area contributed by atoms with Gasteiger partial charge in [-0.05, 0) is 31.9 Å². The van der Waals surface area contributed by atoms with Gasteiger partial charge >= 0.3 is 0 Å². The third kappa shape index (κ3) is 5.40. The van der Waals surface area contributed by atoms with Gasteiger partial charge in [-0.2, -0.15) is 0 Å². The topological polar surface area (TPSA) is 72.3 Å². The van der Waals surface area contributed by atoms with Crippen molar-refractivity contribution < 1.29 is 9.53 Å². The number of hydrogen-bond donors (Lipinski definition) is 1. The highest BCUT2D eigenvalue weighted by molar-refractivity contribution is 5.80. The lowest BCUT2D eigenvalue weighted by Crippen LogP contribution is -2.46. The number of carbonyl (C=O) groups excluding carboxylic acids is 1. The molecule has 1 N–H and O–H groups in total. The van der Waals surface area contributed by atoms with Gasteiger partial charge in [-0.25, -0.2) is 4.68 Å². The van der Waals surface area contributed by atoms with E-state index in [0.717, 1.165) is 38.2 Å². The Bertz CT molecular complexity index is 738. The van der Waals surface area contributed by atoms with Crippen molar-refractivity contribution in [2.24, 2.45) is 0 Å². The van der Waals surface area contributed by atoms with Crippen LogP contribution in [0.25, 0.3) is 0 Å². The second kappa shape index (κ2) is 9.32. The summed E-state index contributed by atoms with van der Waals surface area (Å²) >= 11 is 0.